The number of aromatic amines is 1. The maximum atomic E-state index is 13.5. The molecule has 0 aliphatic carbocycles. The van der Waals surface area contributed by atoms with Crippen LogP contribution in [0.5, 0.6) is 0 Å². The predicted molar refractivity (Wildman–Crippen MR) is 123 cm³/mol. The summed E-state index contributed by atoms with van der Waals surface area (Å²) in [6.07, 6.45) is 2.98. The molecule has 1 atom stereocenters. The minimum atomic E-state index is -0.414. The standard InChI is InChI=1S/C20H18ClN11O/c1-10(26-18-16(17(22)23-9-24-18)19-28-30-31(2)29-19)13-8-11-4-3-5-12(21)15(11)20(33)32(13)14-6-7-25-27-14/h3-10H,1-2H3,(H,25,27)(H3,22,23,24,26). The first-order valence-corrected chi connectivity index (χ1v) is 10.3. The van der Waals surface area contributed by atoms with Crippen LogP contribution >= 0.6 is 11.6 Å². The molecule has 0 spiro atoms. The summed E-state index contributed by atoms with van der Waals surface area (Å²) in [4.78, 5) is 23.2. The number of hydrogen-bond acceptors (Lipinski definition) is 9. The molecule has 166 valence electrons. The van der Waals surface area contributed by atoms with E-state index in [2.05, 4.69) is 40.9 Å². The van der Waals surface area contributed by atoms with Crippen molar-refractivity contribution in [3.8, 4) is 17.2 Å². The SMILES string of the molecule is CC(Nc1ncnc(N)c1-c1nnn(C)n1)c1cc2cccc(Cl)c2c(=O)n1-c1cc[nH]n1. The van der Waals surface area contributed by atoms with Gasteiger partial charge < -0.3 is 11.1 Å². The van der Waals surface area contributed by atoms with Gasteiger partial charge >= 0.3 is 0 Å². The maximum Gasteiger partial charge on any atom is 0.266 e. The minimum Gasteiger partial charge on any atom is -0.383 e. The summed E-state index contributed by atoms with van der Waals surface area (Å²) >= 11 is 6.36. The third kappa shape index (κ3) is 3.55. The third-order valence-electron chi connectivity index (χ3n) is 5.14. The van der Waals surface area contributed by atoms with Gasteiger partial charge in [0.05, 0.1) is 29.2 Å². The van der Waals surface area contributed by atoms with Crippen LogP contribution in [-0.2, 0) is 7.05 Å². The summed E-state index contributed by atoms with van der Waals surface area (Å²) in [7, 11) is 1.65. The largest absolute Gasteiger partial charge is 0.383 e. The van der Waals surface area contributed by atoms with Crippen molar-refractivity contribution < 1.29 is 0 Å². The molecule has 4 heterocycles. The average Bonchev–Trinajstić information content (AvgIpc) is 3.45. The molecule has 0 fully saturated rings. The highest BCUT2D eigenvalue weighted by Crippen LogP contribution is 2.31. The smallest absolute Gasteiger partial charge is 0.266 e. The predicted octanol–water partition coefficient (Wildman–Crippen LogP) is 2.10. The Labute approximate surface area is 191 Å². The topological polar surface area (TPSA) is 158 Å². The fourth-order valence-electron chi connectivity index (χ4n) is 3.66. The number of hydrogen-bond donors (Lipinski definition) is 3. The van der Waals surface area contributed by atoms with E-state index in [1.165, 1.54) is 15.7 Å². The van der Waals surface area contributed by atoms with Crippen LogP contribution in [0, 0.1) is 0 Å². The number of nitrogens with two attached hydrogens (primary N) is 1. The fraction of sp³-hybridized carbons (Fsp3) is 0.150. The molecule has 5 rings (SSSR count). The lowest BCUT2D eigenvalue weighted by molar-refractivity contribution is 0.630. The number of rotatable bonds is 5. The van der Waals surface area contributed by atoms with Crippen LogP contribution < -0.4 is 16.6 Å². The minimum absolute atomic E-state index is 0.197. The highest BCUT2D eigenvalue weighted by molar-refractivity contribution is 6.35. The number of nitrogens with one attached hydrogen (secondary N) is 2. The number of H-pyrrole nitrogens is 1. The molecule has 0 bridgehead atoms. The van der Waals surface area contributed by atoms with Crippen molar-refractivity contribution in [2.45, 2.75) is 13.0 Å². The molecule has 0 aliphatic rings. The number of nitrogen functional groups attached to an aromatic ring is 1. The molecule has 1 aromatic carbocycles. The highest BCUT2D eigenvalue weighted by atomic mass is 35.5. The van der Waals surface area contributed by atoms with Gasteiger partial charge in [-0.3, -0.25) is 14.5 Å². The zero-order valence-electron chi connectivity index (χ0n) is 17.6. The number of pyridine rings is 1. The second-order valence-electron chi connectivity index (χ2n) is 7.30. The lowest BCUT2D eigenvalue weighted by atomic mass is 10.1. The molecule has 33 heavy (non-hydrogen) atoms. The monoisotopic (exact) mass is 463 g/mol. The van der Waals surface area contributed by atoms with E-state index in [1.807, 2.05) is 19.1 Å². The molecule has 0 saturated heterocycles. The van der Waals surface area contributed by atoms with E-state index in [0.717, 1.165) is 0 Å². The summed E-state index contributed by atoms with van der Waals surface area (Å²) in [5, 5.41) is 23.9. The zero-order chi connectivity index (χ0) is 23.1. The van der Waals surface area contributed by atoms with Crippen molar-refractivity contribution in [2.24, 2.45) is 7.05 Å². The summed E-state index contributed by atoms with van der Waals surface area (Å²) in [5.74, 6) is 1.31. The molecule has 0 saturated carbocycles. The van der Waals surface area contributed by atoms with E-state index < -0.39 is 6.04 Å². The number of fused-ring (bicyclic) bond motifs is 1. The van der Waals surface area contributed by atoms with Crippen LogP contribution in [0.1, 0.15) is 18.7 Å². The second-order valence-corrected chi connectivity index (χ2v) is 7.70. The first kappa shape index (κ1) is 20.6. The van der Waals surface area contributed by atoms with Gasteiger partial charge in [0.15, 0.2) is 5.82 Å². The molecule has 5 aromatic rings. The summed E-state index contributed by atoms with van der Waals surface area (Å²) in [5.41, 5.74) is 6.87. The summed E-state index contributed by atoms with van der Waals surface area (Å²) in [6.45, 7) is 1.89. The lowest BCUT2D eigenvalue weighted by Gasteiger charge is -2.21. The van der Waals surface area contributed by atoms with Gasteiger partial charge in [0.1, 0.15) is 23.5 Å². The number of anilines is 2. The molecule has 1 unspecified atom stereocenters. The van der Waals surface area contributed by atoms with Gasteiger partial charge in [-0.25, -0.2) is 9.97 Å². The Balaban J connectivity index is 1.66. The van der Waals surface area contributed by atoms with Crippen molar-refractivity contribution in [2.75, 3.05) is 11.1 Å². The Kier molecular flexibility index (Phi) is 4.98. The van der Waals surface area contributed by atoms with Gasteiger partial charge in [-0.15, -0.1) is 10.2 Å². The summed E-state index contributed by atoms with van der Waals surface area (Å²) < 4.78 is 1.51. The van der Waals surface area contributed by atoms with Crippen molar-refractivity contribution in [3.63, 3.8) is 0 Å². The van der Waals surface area contributed by atoms with E-state index >= 15 is 0 Å². The normalized spacial score (nSPS) is 12.2. The fourth-order valence-corrected chi connectivity index (χ4v) is 3.93. The molecule has 0 radical (unpaired) electrons. The number of halogens is 1. The van der Waals surface area contributed by atoms with Crippen molar-refractivity contribution in [1.29, 1.82) is 0 Å². The van der Waals surface area contributed by atoms with Crippen molar-refractivity contribution >= 4 is 34.0 Å². The Morgan fingerprint density at radius 3 is 2.82 bits per heavy atom. The molecule has 0 amide bonds. The Bertz CT molecular complexity index is 1520. The second kappa shape index (κ2) is 7.98. The number of benzene rings is 1. The van der Waals surface area contributed by atoms with Gasteiger partial charge in [0, 0.05) is 12.3 Å². The third-order valence-corrected chi connectivity index (χ3v) is 5.46. The van der Waals surface area contributed by atoms with E-state index in [9.17, 15) is 4.79 Å². The zero-order valence-corrected chi connectivity index (χ0v) is 18.3. The van der Waals surface area contributed by atoms with Crippen LogP contribution in [0.15, 0.2) is 47.7 Å². The van der Waals surface area contributed by atoms with E-state index in [1.54, 1.807) is 31.4 Å². The highest BCUT2D eigenvalue weighted by Gasteiger charge is 2.22. The molecule has 13 heteroatoms. The molecular weight excluding hydrogens is 446 g/mol. The van der Waals surface area contributed by atoms with Gasteiger partial charge in [-0.1, -0.05) is 23.7 Å². The molecule has 12 nitrogen and oxygen atoms in total. The van der Waals surface area contributed by atoms with Crippen LogP contribution in [0.2, 0.25) is 5.02 Å². The number of aromatic nitrogens is 9. The molecule has 4 N–H and O–H groups in total. The molecular formula is C20H18ClN11O. The molecule has 0 aliphatic heterocycles. The number of nitrogens with zero attached hydrogens (tertiary/aromatic N) is 8. The quantitative estimate of drug-likeness (QED) is 0.354. The van der Waals surface area contributed by atoms with Crippen molar-refractivity contribution in [1.82, 2.24) is 44.9 Å². The van der Waals surface area contributed by atoms with Crippen molar-refractivity contribution in [3.05, 3.63) is 63.9 Å². The molecule has 4 aromatic heterocycles. The Hall–Kier alpha value is -4.32. The maximum absolute atomic E-state index is 13.5. The van der Waals surface area contributed by atoms with Gasteiger partial charge in [0.2, 0.25) is 5.82 Å². The van der Waals surface area contributed by atoms with Crippen LogP contribution in [-0.4, -0.2) is 44.9 Å². The van der Waals surface area contributed by atoms with Crippen LogP contribution in [0.3, 0.4) is 0 Å². The van der Waals surface area contributed by atoms with Gasteiger partial charge in [-0.2, -0.15) is 9.90 Å². The summed E-state index contributed by atoms with van der Waals surface area (Å²) in [6, 6.07) is 8.50. The number of tetrazole rings is 1. The van der Waals surface area contributed by atoms with Crippen LogP contribution in [0.25, 0.3) is 28.0 Å². The Morgan fingerprint density at radius 1 is 1.24 bits per heavy atom. The first-order chi connectivity index (χ1) is 15.9. The Morgan fingerprint density at radius 2 is 2.09 bits per heavy atom. The average molecular weight is 464 g/mol. The van der Waals surface area contributed by atoms with E-state index in [-0.39, 0.29) is 17.2 Å². The van der Waals surface area contributed by atoms with Crippen LogP contribution in [0.4, 0.5) is 11.6 Å². The van der Waals surface area contributed by atoms with E-state index in [4.69, 9.17) is 17.3 Å². The lowest BCUT2D eigenvalue weighted by Crippen LogP contribution is -2.26. The number of aryl methyl sites for hydroxylation is 1. The first-order valence-electron chi connectivity index (χ1n) is 9.89. The van der Waals surface area contributed by atoms with Gasteiger partial charge in [-0.05, 0) is 29.7 Å². The van der Waals surface area contributed by atoms with Gasteiger partial charge in [0.25, 0.3) is 5.56 Å². The van der Waals surface area contributed by atoms with E-state index in [0.29, 0.717) is 38.7 Å².